The number of hydrogen-bond acceptors (Lipinski definition) is 4. The van der Waals surface area contributed by atoms with E-state index in [0.717, 1.165) is 12.3 Å². The molecular formula is C10H14F3N3O. The minimum atomic E-state index is -4.49. The minimum absolute atomic E-state index is 0.0705. The molecule has 0 aliphatic carbocycles. The topological polar surface area (TPSA) is 58.0 Å². The molecule has 1 heterocycles. The van der Waals surface area contributed by atoms with Crippen molar-refractivity contribution in [3.05, 3.63) is 18.0 Å². The quantitative estimate of drug-likeness (QED) is 0.857. The Morgan fingerprint density at radius 1 is 1.35 bits per heavy atom. The minimum Gasteiger partial charge on any atom is -0.396 e. The molecule has 0 saturated heterocycles. The number of aliphatic hydroxyl groups excluding tert-OH is 1. The van der Waals surface area contributed by atoms with Gasteiger partial charge in [0.2, 0.25) is 5.95 Å². The van der Waals surface area contributed by atoms with E-state index in [1.165, 1.54) is 0 Å². The molecule has 7 heteroatoms. The van der Waals surface area contributed by atoms with Gasteiger partial charge in [0.15, 0.2) is 0 Å². The normalized spacial score (nSPS) is 12.6. The number of nitrogens with one attached hydrogen (secondary N) is 1. The number of halogens is 3. The first-order valence-corrected chi connectivity index (χ1v) is 5.04. The van der Waals surface area contributed by atoms with Gasteiger partial charge in [0.05, 0.1) is 0 Å². The van der Waals surface area contributed by atoms with Gasteiger partial charge in [-0.25, -0.2) is 9.97 Å². The third-order valence-corrected chi connectivity index (χ3v) is 2.13. The number of aliphatic hydroxyl groups is 1. The summed E-state index contributed by atoms with van der Waals surface area (Å²) in [6, 6.07) is 0.810. The average Bonchev–Trinajstić information content (AvgIpc) is 2.15. The number of nitrogens with zero attached hydrogens (tertiary/aromatic N) is 2. The number of hydrogen-bond donors (Lipinski definition) is 2. The van der Waals surface area contributed by atoms with Gasteiger partial charge in [-0.2, -0.15) is 13.2 Å². The predicted octanol–water partition coefficient (Wildman–Crippen LogP) is 2.07. The Labute approximate surface area is 96.9 Å². The lowest BCUT2D eigenvalue weighted by molar-refractivity contribution is -0.141. The highest BCUT2D eigenvalue weighted by molar-refractivity contribution is 5.29. The molecule has 0 radical (unpaired) electrons. The monoisotopic (exact) mass is 249 g/mol. The lowest BCUT2D eigenvalue weighted by atomic mass is 10.0. The second-order valence-electron chi connectivity index (χ2n) is 4.25. The maximum atomic E-state index is 12.4. The molecule has 0 fully saturated rings. The Morgan fingerprint density at radius 3 is 2.53 bits per heavy atom. The summed E-state index contributed by atoms with van der Waals surface area (Å²) in [5.74, 6) is -0.0988. The zero-order chi connectivity index (χ0) is 13.1. The first-order valence-electron chi connectivity index (χ1n) is 5.04. The number of anilines is 1. The van der Waals surface area contributed by atoms with Gasteiger partial charge < -0.3 is 10.4 Å². The van der Waals surface area contributed by atoms with Crippen LogP contribution in [0.2, 0.25) is 0 Å². The van der Waals surface area contributed by atoms with Crippen LogP contribution in [0.4, 0.5) is 19.1 Å². The van der Waals surface area contributed by atoms with Crippen molar-refractivity contribution in [2.45, 2.75) is 32.0 Å². The highest BCUT2D eigenvalue weighted by Gasteiger charge is 2.33. The predicted molar refractivity (Wildman–Crippen MR) is 56.4 cm³/mol. The van der Waals surface area contributed by atoms with E-state index in [4.69, 9.17) is 5.11 Å². The fourth-order valence-electron chi connectivity index (χ4n) is 1.22. The van der Waals surface area contributed by atoms with Crippen molar-refractivity contribution >= 4 is 5.95 Å². The van der Waals surface area contributed by atoms with Crippen LogP contribution in [0, 0.1) is 0 Å². The average molecular weight is 249 g/mol. The van der Waals surface area contributed by atoms with E-state index in [1.807, 2.05) is 0 Å². The van der Waals surface area contributed by atoms with Crippen LogP contribution in [-0.4, -0.2) is 27.2 Å². The fraction of sp³-hybridized carbons (Fsp3) is 0.600. The molecular weight excluding hydrogens is 235 g/mol. The van der Waals surface area contributed by atoms with Crippen molar-refractivity contribution in [3.63, 3.8) is 0 Å². The lowest BCUT2D eigenvalue weighted by Crippen LogP contribution is -2.33. The van der Waals surface area contributed by atoms with Crippen molar-refractivity contribution in [2.75, 3.05) is 11.9 Å². The highest BCUT2D eigenvalue weighted by atomic mass is 19.4. The van der Waals surface area contributed by atoms with Crippen molar-refractivity contribution in [3.8, 4) is 0 Å². The third-order valence-electron chi connectivity index (χ3n) is 2.13. The summed E-state index contributed by atoms with van der Waals surface area (Å²) >= 11 is 0. The molecule has 1 rings (SSSR count). The van der Waals surface area contributed by atoms with Crippen LogP contribution < -0.4 is 5.32 Å². The molecule has 1 aromatic heterocycles. The molecule has 17 heavy (non-hydrogen) atoms. The van der Waals surface area contributed by atoms with Gasteiger partial charge in [-0.1, -0.05) is 0 Å². The van der Waals surface area contributed by atoms with Crippen molar-refractivity contribution in [1.29, 1.82) is 0 Å². The van der Waals surface area contributed by atoms with Crippen molar-refractivity contribution < 1.29 is 18.3 Å². The van der Waals surface area contributed by atoms with Crippen molar-refractivity contribution in [2.24, 2.45) is 0 Å². The molecule has 0 aliphatic rings. The first kappa shape index (κ1) is 13.7. The van der Waals surface area contributed by atoms with Crippen LogP contribution in [0.5, 0.6) is 0 Å². The van der Waals surface area contributed by atoms with Crippen molar-refractivity contribution in [1.82, 2.24) is 9.97 Å². The Bertz CT molecular complexity index is 379. The fourth-order valence-corrected chi connectivity index (χ4v) is 1.22. The Balaban J connectivity index is 2.86. The van der Waals surface area contributed by atoms with Gasteiger partial charge in [0.25, 0.3) is 0 Å². The van der Waals surface area contributed by atoms with Gasteiger partial charge in [0.1, 0.15) is 5.69 Å². The van der Waals surface area contributed by atoms with E-state index < -0.39 is 17.4 Å². The van der Waals surface area contributed by atoms with Crippen LogP contribution in [0.3, 0.4) is 0 Å². The van der Waals surface area contributed by atoms with Crippen LogP contribution in [0.15, 0.2) is 12.3 Å². The summed E-state index contributed by atoms with van der Waals surface area (Å²) < 4.78 is 37.2. The maximum absolute atomic E-state index is 12.4. The molecule has 0 aromatic carbocycles. The van der Waals surface area contributed by atoms with Crippen LogP contribution >= 0.6 is 0 Å². The molecule has 0 atom stereocenters. The van der Waals surface area contributed by atoms with E-state index in [-0.39, 0.29) is 12.6 Å². The van der Waals surface area contributed by atoms with Crippen LogP contribution in [0.1, 0.15) is 26.0 Å². The maximum Gasteiger partial charge on any atom is 0.433 e. The number of aromatic nitrogens is 2. The Hall–Kier alpha value is -1.37. The zero-order valence-electron chi connectivity index (χ0n) is 9.54. The molecule has 1 aromatic rings. The van der Waals surface area contributed by atoms with Gasteiger partial charge in [-0.3, -0.25) is 0 Å². The van der Waals surface area contributed by atoms with Gasteiger partial charge in [-0.05, 0) is 26.3 Å². The standard InChI is InChI=1S/C10H14F3N3O/c1-9(2,4-6-17)16-8-14-5-3-7(15-8)10(11,12)13/h3,5,17H,4,6H2,1-2H3,(H,14,15,16). The second kappa shape index (κ2) is 4.87. The molecule has 96 valence electrons. The van der Waals surface area contributed by atoms with Gasteiger partial charge >= 0.3 is 6.18 Å². The summed E-state index contributed by atoms with van der Waals surface area (Å²) in [4.78, 5) is 7.10. The SMILES string of the molecule is CC(C)(CCO)Nc1nccc(C(F)(F)F)n1. The molecule has 2 N–H and O–H groups in total. The van der Waals surface area contributed by atoms with Gasteiger partial charge in [-0.15, -0.1) is 0 Å². The second-order valence-corrected chi connectivity index (χ2v) is 4.25. The van der Waals surface area contributed by atoms with Crippen LogP contribution in [-0.2, 0) is 6.18 Å². The molecule has 0 aliphatic heterocycles. The highest BCUT2D eigenvalue weighted by Crippen LogP contribution is 2.28. The van der Waals surface area contributed by atoms with E-state index in [0.29, 0.717) is 6.42 Å². The Morgan fingerprint density at radius 2 is 2.00 bits per heavy atom. The van der Waals surface area contributed by atoms with Crippen LogP contribution in [0.25, 0.3) is 0 Å². The van der Waals surface area contributed by atoms with E-state index in [1.54, 1.807) is 13.8 Å². The number of rotatable bonds is 4. The molecule has 0 saturated carbocycles. The summed E-state index contributed by atoms with van der Waals surface area (Å²) in [5, 5.41) is 11.6. The molecule has 0 bridgehead atoms. The smallest absolute Gasteiger partial charge is 0.396 e. The third kappa shape index (κ3) is 4.18. The summed E-state index contributed by atoms with van der Waals surface area (Å²) in [6.07, 6.45) is -3.06. The lowest BCUT2D eigenvalue weighted by Gasteiger charge is -2.25. The number of alkyl halides is 3. The van der Waals surface area contributed by atoms with E-state index in [2.05, 4.69) is 15.3 Å². The molecule has 0 unspecified atom stereocenters. The van der Waals surface area contributed by atoms with Gasteiger partial charge in [0, 0.05) is 18.3 Å². The van der Waals surface area contributed by atoms with E-state index in [9.17, 15) is 13.2 Å². The molecule has 0 amide bonds. The Kier molecular flexibility index (Phi) is 3.92. The summed E-state index contributed by atoms with van der Waals surface area (Å²) in [6.45, 7) is 3.42. The summed E-state index contributed by atoms with van der Waals surface area (Å²) in [7, 11) is 0. The largest absolute Gasteiger partial charge is 0.433 e. The van der Waals surface area contributed by atoms with E-state index >= 15 is 0 Å². The molecule has 4 nitrogen and oxygen atoms in total. The molecule has 0 spiro atoms. The summed E-state index contributed by atoms with van der Waals surface area (Å²) in [5.41, 5.74) is -1.56. The zero-order valence-corrected chi connectivity index (χ0v) is 9.54. The first-order chi connectivity index (χ1) is 7.74.